The normalized spacial score (nSPS) is 12.8. The van der Waals surface area contributed by atoms with Crippen LogP contribution in [0.2, 0.25) is 0 Å². The molecular formula is C17H17BrFN3O3. The summed E-state index contributed by atoms with van der Waals surface area (Å²) in [6.45, 7) is 2.62. The van der Waals surface area contributed by atoms with Crippen LogP contribution in [-0.4, -0.2) is 17.1 Å². The molecule has 0 saturated carbocycles. The molecule has 0 bridgehead atoms. The summed E-state index contributed by atoms with van der Waals surface area (Å²) in [5.41, 5.74) is 3.50. The lowest BCUT2D eigenvalue weighted by atomic mass is 10.1. The highest BCUT2D eigenvalue weighted by atomic mass is 79.9. The van der Waals surface area contributed by atoms with Crippen LogP contribution in [0, 0.1) is 5.82 Å². The Hall–Kier alpha value is -2.19. The smallest absolute Gasteiger partial charge is 0.278 e. The second-order valence-electron chi connectivity index (χ2n) is 5.59. The van der Waals surface area contributed by atoms with Crippen LogP contribution in [0.1, 0.15) is 29.4 Å². The molecule has 3 rings (SSSR count). The third-order valence-corrected chi connectivity index (χ3v) is 4.44. The van der Waals surface area contributed by atoms with Gasteiger partial charge in [0, 0.05) is 22.8 Å². The van der Waals surface area contributed by atoms with Crippen LogP contribution in [0.15, 0.2) is 33.5 Å². The molecule has 0 aliphatic carbocycles. The maximum Gasteiger partial charge on any atom is 0.278 e. The van der Waals surface area contributed by atoms with Crippen LogP contribution in [0.4, 0.5) is 15.8 Å². The number of benzene rings is 1. The predicted molar refractivity (Wildman–Crippen MR) is 95.5 cm³/mol. The molecule has 6 nitrogen and oxygen atoms in total. The number of fused-ring (bicyclic) bond motifs is 1. The number of hydrogen-bond donors (Lipinski definition) is 2. The lowest BCUT2D eigenvalue weighted by molar-refractivity contribution is 0.0364. The summed E-state index contributed by atoms with van der Waals surface area (Å²) in [4.78, 5) is 29.8. The fourth-order valence-electron chi connectivity index (χ4n) is 2.88. The Bertz CT molecular complexity index is 882. The number of pyridine rings is 1. The molecule has 0 saturated heterocycles. The van der Waals surface area contributed by atoms with Gasteiger partial charge in [-0.3, -0.25) is 14.4 Å². The highest BCUT2D eigenvalue weighted by Gasteiger charge is 2.25. The second-order valence-corrected chi connectivity index (χ2v) is 6.50. The van der Waals surface area contributed by atoms with E-state index in [-0.39, 0.29) is 16.9 Å². The van der Waals surface area contributed by atoms with Crippen LogP contribution in [0.3, 0.4) is 0 Å². The first kappa shape index (κ1) is 17.6. The molecule has 25 heavy (non-hydrogen) atoms. The van der Waals surface area contributed by atoms with Crippen LogP contribution < -0.4 is 16.4 Å². The van der Waals surface area contributed by atoms with E-state index < -0.39 is 11.7 Å². The number of hydrogen-bond acceptors (Lipinski definition) is 4. The van der Waals surface area contributed by atoms with E-state index in [2.05, 4.69) is 26.7 Å². The van der Waals surface area contributed by atoms with Gasteiger partial charge >= 0.3 is 0 Å². The van der Waals surface area contributed by atoms with Gasteiger partial charge in [0.05, 0.1) is 23.5 Å². The Kier molecular flexibility index (Phi) is 5.19. The average molecular weight is 410 g/mol. The molecule has 2 N–H and O–H groups in total. The first-order valence-corrected chi connectivity index (χ1v) is 8.71. The zero-order valence-corrected chi connectivity index (χ0v) is 15.2. The van der Waals surface area contributed by atoms with Gasteiger partial charge in [-0.05, 0) is 38.0 Å². The molecule has 2 heterocycles. The summed E-state index contributed by atoms with van der Waals surface area (Å²) >= 11 is 3.20. The molecule has 0 atom stereocenters. The molecule has 1 amide bonds. The Morgan fingerprint density at radius 3 is 2.88 bits per heavy atom. The molecule has 1 aliphatic heterocycles. The van der Waals surface area contributed by atoms with Gasteiger partial charge < -0.3 is 9.88 Å². The van der Waals surface area contributed by atoms with Crippen molar-refractivity contribution in [3.63, 3.8) is 0 Å². The van der Waals surface area contributed by atoms with E-state index in [9.17, 15) is 14.0 Å². The number of carbonyl (C=O) groups is 1. The number of hydroxylamine groups is 1. The van der Waals surface area contributed by atoms with Gasteiger partial charge in [-0.1, -0.05) is 15.9 Å². The van der Waals surface area contributed by atoms with Crippen molar-refractivity contribution >= 4 is 33.2 Å². The summed E-state index contributed by atoms with van der Waals surface area (Å²) < 4.78 is 16.3. The highest BCUT2D eigenvalue weighted by Crippen LogP contribution is 2.28. The molecule has 0 radical (unpaired) electrons. The number of anilines is 2. The summed E-state index contributed by atoms with van der Waals surface area (Å²) in [6, 6.07) is 5.83. The third-order valence-electron chi connectivity index (χ3n) is 3.95. The fourth-order valence-corrected chi connectivity index (χ4v) is 3.22. The van der Waals surface area contributed by atoms with Crippen molar-refractivity contribution in [2.75, 3.05) is 11.9 Å². The third kappa shape index (κ3) is 3.59. The lowest BCUT2D eigenvalue weighted by Gasteiger charge is -2.16. The molecule has 2 aromatic rings. The first-order valence-electron chi connectivity index (χ1n) is 7.92. The Morgan fingerprint density at radius 1 is 1.36 bits per heavy atom. The van der Waals surface area contributed by atoms with E-state index in [1.807, 2.05) is 0 Å². The monoisotopic (exact) mass is 409 g/mol. The number of carbonyl (C=O) groups excluding carboxylic acids is 1. The summed E-state index contributed by atoms with van der Waals surface area (Å²) in [6.07, 6.45) is 1.38. The van der Waals surface area contributed by atoms with Crippen LogP contribution in [-0.2, 0) is 17.8 Å². The zero-order valence-electron chi connectivity index (χ0n) is 13.6. The summed E-state index contributed by atoms with van der Waals surface area (Å²) in [5, 5.41) is 2.87. The van der Waals surface area contributed by atoms with Gasteiger partial charge in [-0.2, -0.15) is 0 Å². The molecular weight excluding hydrogens is 393 g/mol. The minimum absolute atomic E-state index is 0.177. The second kappa shape index (κ2) is 7.37. The first-order chi connectivity index (χ1) is 12.0. The van der Waals surface area contributed by atoms with Crippen molar-refractivity contribution in [1.82, 2.24) is 10.0 Å². The summed E-state index contributed by atoms with van der Waals surface area (Å²) in [5.74, 6) is -0.960. The van der Waals surface area contributed by atoms with Gasteiger partial charge in [-0.25, -0.2) is 9.87 Å². The highest BCUT2D eigenvalue weighted by molar-refractivity contribution is 9.10. The molecule has 1 aliphatic rings. The molecule has 1 aromatic carbocycles. The van der Waals surface area contributed by atoms with E-state index >= 15 is 0 Å². The molecule has 0 fully saturated rings. The van der Waals surface area contributed by atoms with Crippen molar-refractivity contribution in [2.45, 2.75) is 26.3 Å². The molecule has 1 aromatic heterocycles. The minimum Gasteiger partial charge on any atom is -0.352 e. The number of nitrogens with one attached hydrogen (secondary N) is 2. The minimum atomic E-state index is -0.494. The van der Waals surface area contributed by atoms with E-state index in [0.29, 0.717) is 35.3 Å². The van der Waals surface area contributed by atoms with Crippen molar-refractivity contribution in [2.24, 2.45) is 0 Å². The van der Waals surface area contributed by atoms with E-state index in [0.717, 1.165) is 6.42 Å². The SMILES string of the molecule is CCONC(=O)c1c(Nc2ccc(Br)cc2F)cc(=O)n2c1CCC2. The van der Waals surface area contributed by atoms with Gasteiger partial charge in [-0.15, -0.1) is 0 Å². The molecule has 0 unspecified atom stereocenters. The fraction of sp³-hybridized carbons (Fsp3) is 0.294. The molecule has 132 valence electrons. The maximum atomic E-state index is 14.1. The average Bonchev–Trinajstić information content (AvgIpc) is 3.05. The zero-order chi connectivity index (χ0) is 18.0. The van der Waals surface area contributed by atoms with Crippen LogP contribution in [0.25, 0.3) is 0 Å². The topological polar surface area (TPSA) is 72.4 Å². The van der Waals surface area contributed by atoms with E-state index in [1.165, 1.54) is 18.2 Å². The standard InChI is InChI=1S/C17H17BrFN3O3/c1-2-25-21-17(24)16-13(9-15(23)22-7-3-4-14(16)22)20-12-6-5-10(18)8-11(12)19/h5-6,8-9,20H,2-4,7H2,1H3,(H,21,24). The largest absolute Gasteiger partial charge is 0.352 e. The summed E-state index contributed by atoms with van der Waals surface area (Å²) in [7, 11) is 0. The van der Waals surface area contributed by atoms with Crippen LogP contribution in [0.5, 0.6) is 0 Å². The van der Waals surface area contributed by atoms with Gasteiger partial charge in [0.15, 0.2) is 0 Å². The Morgan fingerprint density at radius 2 is 2.16 bits per heavy atom. The van der Waals surface area contributed by atoms with Gasteiger partial charge in [0.1, 0.15) is 5.82 Å². The van der Waals surface area contributed by atoms with E-state index in [4.69, 9.17) is 4.84 Å². The van der Waals surface area contributed by atoms with Gasteiger partial charge in [0.2, 0.25) is 0 Å². The predicted octanol–water partition coefficient (Wildman–Crippen LogP) is 3.12. The van der Waals surface area contributed by atoms with Crippen molar-refractivity contribution < 1.29 is 14.0 Å². The van der Waals surface area contributed by atoms with Crippen molar-refractivity contribution in [1.29, 1.82) is 0 Å². The number of halogens is 2. The molecule has 8 heteroatoms. The quantitative estimate of drug-likeness (QED) is 0.744. The van der Waals surface area contributed by atoms with E-state index in [1.54, 1.807) is 17.6 Å². The number of aromatic nitrogens is 1. The Balaban J connectivity index is 2.07. The number of amides is 1. The maximum absolute atomic E-state index is 14.1. The number of rotatable bonds is 5. The van der Waals surface area contributed by atoms with Gasteiger partial charge in [0.25, 0.3) is 11.5 Å². The van der Waals surface area contributed by atoms with Crippen LogP contribution >= 0.6 is 15.9 Å². The van der Waals surface area contributed by atoms with Crippen molar-refractivity contribution in [3.8, 4) is 0 Å². The molecule has 0 spiro atoms. The Labute approximate surface area is 152 Å². The lowest BCUT2D eigenvalue weighted by Crippen LogP contribution is -2.29. The number of nitrogens with zero attached hydrogens (tertiary/aromatic N) is 1. The van der Waals surface area contributed by atoms with Crippen molar-refractivity contribution in [3.05, 3.63) is 56.2 Å².